The second-order valence-corrected chi connectivity index (χ2v) is 10.3. The number of likely N-dealkylation sites (N-methyl/N-ethyl adjacent to an activating group) is 1. The zero-order valence-electron chi connectivity index (χ0n) is 23.6. The number of nitrogens with zero attached hydrogens (tertiary/aromatic N) is 4. The molecular formula is C31H40N6O3. The molecule has 3 N–H and O–H groups in total. The molecule has 9 nitrogen and oxygen atoms in total. The number of anilines is 1. The third-order valence-corrected chi connectivity index (χ3v) is 6.70. The van der Waals surface area contributed by atoms with Crippen LogP contribution in [0.2, 0.25) is 0 Å². The highest BCUT2D eigenvalue weighted by Crippen LogP contribution is 2.31. The van der Waals surface area contributed by atoms with E-state index in [-0.39, 0.29) is 18.4 Å². The average molecular weight is 545 g/mol. The van der Waals surface area contributed by atoms with Crippen molar-refractivity contribution in [3.8, 4) is 17.0 Å². The van der Waals surface area contributed by atoms with Crippen LogP contribution >= 0.6 is 0 Å². The lowest BCUT2D eigenvalue weighted by Crippen LogP contribution is -2.29. The fourth-order valence-corrected chi connectivity index (χ4v) is 4.58. The number of pyridine rings is 2. The lowest BCUT2D eigenvalue weighted by Gasteiger charge is -2.14. The van der Waals surface area contributed by atoms with Crippen LogP contribution in [-0.2, 0) is 0 Å². The topological polar surface area (TPSA) is 114 Å². The van der Waals surface area contributed by atoms with Gasteiger partial charge in [0, 0.05) is 54.8 Å². The van der Waals surface area contributed by atoms with Gasteiger partial charge in [-0.05, 0) is 64.1 Å². The van der Waals surface area contributed by atoms with E-state index in [1.807, 2.05) is 41.2 Å². The predicted molar refractivity (Wildman–Crippen MR) is 159 cm³/mol. The van der Waals surface area contributed by atoms with Crippen LogP contribution in [0.15, 0.2) is 61.1 Å². The van der Waals surface area contributed by atoms with Crippen LogP contribution in [0.4, 0.5) is 5.69 Å². The molecule has 0 saturated carbocycles. The number of benzene rings is 1. The highest BCUT2D eigenvalue weighted by molar-refractivity contribution is 5.95. The monoisotopic (exact) mass is 544 g/mol. The number of rotatable bonds is 16. The summed E-state index contributed by atoms with van der Waals surface area (Å²) < 4.78 is 7.77. The molecule has 0 saturated heterocycles. The Labute approximate surface area is 236 Å². The van der Waals surface area contributed by atoms with Crippen LogP contribution in [0, 0.1) is 0 Å². The molecule has 0 aliphatic heterocycles. The van der Waals surface area contributed by atoms with Crippen LogP contribution in [0.3, 0.4) is 0 Å². The second-order valence-electron chi connectivity index (χ2n) is 10.3. The molecule has 1 atom stereocenters. The lowest BCUT2D eigenvalue weighted by atomic mass is 10.1. The Morgan fingerprint density at radius 3 is 2.70 bits per heavy atom. The van der Waals surface area contributed by atoms with Crippen molar-refractivity contribution in [2.24, 2.45) is 0 Å². The number of Topliss-reactive ketones (excluding diaryl/α,β-unsaturated/α-hetero) is 1. The summed E-state index contributed by atoms with van der Waals surface area (Å²) in [5.41, 5.74) is 4.27. The van der Waals surface area contributed by atoms with Crippen LogP contribution in [0.5, 0.6) is 5.75 Å². The largest absolute Gasteiger partial charge is 0.491 e. The molecule has 212 valence electrons. The Balaban J connectivity index is 1.39. The van der Waals surface area contributed by atoms with Crippen LogP contribution in [-0.4, -0.2) is 63.5 Å². The van der Waals surface area contributed by atoms with Gasteiger partial charge in [-0.1, -0.05) is 25.0 Å². The van der Waals surface area contributed by atoms with E-state index in [2.05, 4.69) is 40.6 Å². The minimum atomic E-state index is -0.582. The number of aromatic nitrogens is 4. The molecule has 4 rings (SSSR count). The van der Waals surface area contributed by atoms with Gasteiger partial charge in [-0.3, -0.25) is 9.78 Å². The maximum absolute atomic E-state index is 12.3. The number of hydrogen-bond acceptors (Lipinski definition) is 8. The number of ether oxygens (including phenoxy) is 1. The third kappa shape index (κ3) is 7.86. The quantitative estimate of drug-likeness (QED) is 0.129. The van der Waals surface area contributed by atoms with Crippen molar-refractivity contribution >= 4 is 22.5 Å². The summed E-state index contributed by atoms with van der Waals surface area (Å²) in [7, 11) is 1.80. The Morgan fingerprint density at radius 1 is 1.07 bits per heavy atom. The summed E-state index contributed by atoms with van der Waals surface area (Å²) in [5, 5.41) is 22.1. The number of carbonyl (C=O) groups excluding carboxylic acids is 1. The molecule has 3 aromatic heterocycles. The number of hydrogen-bond donors (Lipinski definition) is 3. The van der Waals surface area contributed by atoms with Gasteiger partial charge in [0.15, 0.2) is 11.4 Å². The second kappa shape index (κ2) is 14.5. The van der Waals surface area contributed by atoms with Gasteiger partial charge in [0.2, 0.25) is 0 Å². The van der Waals surface area contributed by atoms with Gasteiger partial charge in [0.1, 0.15) is 18.5 Å². The highest BCUT2D eigenvalue weighted by atomic mass is 16.5. The molecule has 40 heavy (non-hydrogen) atoms. The Hall–Kier alpha value is -3.82. The number of aliphatic hydroxyl groups excluding tert-OH is 1. The van der Waals surface area contributed by atoms with Crippen molar-refractivity contribution in [2.45, 2.75) is 58.1 Å². The summed E-state index contributed by atoms with van der Waals surface area (Å²) in [4.78, 5) is 21.3. The summed E-state index contributed by atoms with van der Waals surface area (Å²) in [6, 6.07) is 13.6. The van der Waals surface area contributed by atoms with E-state index in [0.29, 0.717) is 24.3 Å². The molecule has 4 aromatic rings. The Bertz CT molecular complexity index is 1370. The van der Waals surface area contributed by atoms with Crippen molar-refractivity contribution in [3.05, 3.63) is 66.6 Å². The molecule has 0 aliphatic carbocycles. The van der Waals surface area contributed by atoms with Gasteiger partial charge in [-0.25, -0.2) is 9.67 Å². The van der Waals surface area contributed by atoms with E-state index in [9.17, 15) is 9.90 Å². The summed E-state index contributed by atoms with van der Waals surface area (Å²) in [5.74, 6) is 0.840. The maximum atomic E-state index is 12.3. The smallest absolute Gasteiger partial charge is 0.164 e. The molecule has 0 radical (unpaired) electrons. The number of carbonyl (C=O) groups is 1. The van der Waals surface area contributed by atoms with E-state index >= 15 is 0 Å². The first-order chi connectivity index (χ1) is 19.5. The first kappa shape index (κ1) is 29.2. The van der Waals surface area contributed by atoms with Crippen molar-refractivity contribution in [2.75, 3.05) is 32.1 Å². The van der Waals surface area contributed by atoms with Crippen molar-refractivity contribution in [1.82, 2.24) is 25.1 Å². The summed E-state index contributed by atoms with van der Waals surface area (Å²) >= 11 is 0. The van der Waals surface area contributed by atoms with Gasteiger partial charge in [-0.15, -0.1) is 0 Å². The number of ketones is 1. The van der Waals surface area contributed by atoms with Gasteiger partial charge in [0.05, 0.1) is 17.3 Å². The van der Waals surface area contributed by atoms with Gasteiger partial charge in [0.25, 0.3) is 0 Å². The molecular weight excluding hydrogens is 504 g/mol. The SMILES string of the molecule is CNCC(O)COc1cccc(-c2cc(NCCCCCCC(=O)c3cccnc3)c3cnn(C(C)C)c3n2)c1. The predicted octanol–water partition coefficient (Wildman–Crippen LogP) is 5.28. The van der Waals surface area contributed by atoms with Gasteiger partial charge in [-0.2, -0.15) is 5.10 Å². The van der Waals surface area contributed by atoms with E-state index in [4.69, 9.17) is 9.72 Å². The molecule has 0 spiro atoms. The number of fused-ring (bicyclic) bond motifs is 1. The van der Waals surface area contributed by atoms with E-state index in [1.165, 1.54) is 0 Å². The molecule has 0 fully saturated rings. The van der Waals surface area contributed by atoms with Crippen molar-refractivity contribution in [3.63, 3.8) is 0 Å². The Morgan fingerprint density at radius 2 is 1.93 bits per heavy atom. The highest BCUT2D eigenvalue weighted by Gasteiger charge is 2.15. The van der Waals surface area contributed by atoms with Crippen LogP contribution in [0.25, 0.3) is 22.3 Å². The minimum absolute atomic E-state index is 0.156. The van der Waals surface area contributed by atoms with E-state index < -0.39 is 6.10 Å². The van der Waals surface area contributed by atoms with Crippen molar-refractivity contribution < 1.29 is 14.6 Å². The molecule has 1 aromatic carbocycles. The summed E-state index contributed by atoms with van der Waals surface area (Å²) in [6.07, 6.45) is 9.09. The Kier molecular flexibility index (Phi) is 10.6. The number of nitrogens with one attached hydrogen (secondary N) is 2. The first-order valence-corrected chi connectivity index (χ1v) is 14.1. The van der Waals surface area contributed by atoms with Crippen LogP contribution in [0.1, 0.15) is 62.4 Å². The molecule has 3 heterocycles. The molecule has 0 bridgehead atoms. The van der Waals surface area contributed by atoms with E-state index in [0.717, 1.165) is 60.2 Å². The number of aliphatic hydroxyl groups is 1. The zero-order valence-corrected chi connectivity index (χ0v) is 23.6. The zero-order chi connectivity index (χ0) is 28.3. The molecule has 0 aliphatic rings. The molecule has 9 heteroatoms. The average Bonchev–Trinajstić information content (AvgIpc) is 3.41. The standard InChI is InChI=1S/C31H40N6O3/c1-22(2)37-31-27(20-35-37)29(34-15-7-5-4-6-13-30(39)24-11-9-14-33-18-24)17-28(36-31)23-10-8-12-26(16-23)40-21-25(38)19-32-3/h8-12,14,16-18,20,22,25,32,38H,4-7,13,15,19,21H2,1-3H3,(H,34,36). The maximum Gasteiger partial charge on any atom is 0.164 e. The third-order valence-electron chi connectivity index (χ3n) is 6.70. The van der Waals surface area contributed by atoms with Crippen molar-refractivity contribution in [1.29, 1.82) is 0 Å². The fraction of sp³-hybridized carbons (Fsp3) is 0.419. The first-order valence-electron chi connectivity index (χ1n) is 14.1. The van der Waals surface area contributed by atoms with E-state index in [1.54, 1.807) is 25.5 Å². The number of unbranched alkanes of at least 4 members (excludes halogenated alkanes) is 3. The fourth-order valence-electron chi connectivity index (χ4n) is 4.58. The normalized spacial score (nSPS) is 12.1. The lowest BCUT2D eigenvalue weighted by molar-refractivity contribution is 0.0978. The summed E-state index contributed by atoms with van der Waals surface area (Å²) in [6.45, 7) is 5.68. The minimum Gasteiger partial charge on any atom is -0.491 e. The van der Waals surface area contributed by atoms with Crippen LogP contribution < -0.4 is 15.4 Å². The molecule has 1 unspecified atom stereocenters. The van der Waals surface area contributed by atoms with Gasteiger partial charge < -0.3 is 20.5 Å². The van der Waals surface area contributed by atoms with Gasteiger partial charge >= 0.3 is 0 Å². The molecule has 0 amide bonds.